The number of hydrogen-bond acceptors (Lipinski definition) is 3. The first-order valence-electron chi connectivity index (χ1n) is 0.775. The maximum absolute atomic E-state index is 7.17. The SMILES string of the molecule is OB(O)O.[LiH].[Zn]. The predicted molar refractivity (Wildman–Crippen MR) is 19.6 cm³/mol. The van der Waals surface area contributed by atoms with Crippen molar-refractivity contribution in [3.63, 3.8) is 0 Å². The van der Waals surface area contributed by atoms with Gasteiger partial charge >= 0.3 is 26.2 Å². The fourth-order valence-corrected chi connectivity index (χ4v) is 0. The molecule has 0 aromatic carbocycles. The van der Waals surface area contributed by atoms with Gasteiger partial charge in [0, 0.05) is 19.5 Å². The van der Waals surface area contributed by atoms with Crippen LogP contribution in [-0.2, 0) is 19.5 Å². The molecule has 0 saturated heterocycles. The minimum Gasteiger partial charge on any atom is 0 e. The standard InChI is InChI=1S/BH3O3.Li.Zn.H/c2-1(3)4;;;/h2-4H;;;. The molecule has 0 aliphatic carbocycles. The zero-order valence-corrected chi connectivity index (χ0v) is 5.59. The van der Waals surface area contributed by atoms with Gasteiger partial charge in [-0.05, 0) is 0 Å². The third-order valence-electron chi connectivity index (χ3n) is 0. The molecule has 0 spiro atoms. The Bertz CT molecular complexity index is 15.5. The molecule has 0 bridgehead atoms. The summed E-state index contributed by atoms with van der Waals surface area (Å²) in [7, 11) is -2.17. The van der Waals surface area contributed by atoms with Gasteiger partial charge in [0.15, 0.2) is 0 Å². The molecule has 6 heteroatoms. The molecule has 3 N–H and O–H groups in total. The molecule has 0 rings (SSSR count). The van der Waals surface area contributed by atoms with Gasteiger partial charge in [0.05, 0.1) is 0 Å². The first-order chi connectivity index (χ1) is 1.73. The fraction of sp³-hybridized carbons (Fsp3) is 0. The average Bonchev–Trinajstić information content (AvgIpc) is 0.811. The molecule has 0 aromatic rings. The van der Waals surface area contributed by atoms with Gasteiger partial charge in [-0.2, -0.15) is 0 Å². The van der Waals surface area contributed by atoms with Gasteiger partial charge < -0.3 is 15.1 Å². The van der Waals surface area contributed by atoms with Crippen molar-refractivity contribution in [2.45, 2.75) is 0 Å². The van der Waals surface area contributed by atoms with Crippen LogP contribution in [0.15, 0.2) is 0 Å². The monoisotopic (exact) mass is 134 g/mol. The van der Waals surface area contributed by atoms with E-state index >= 15 is 0 Å². The second-order valence-electron chi connectivity index (χ2n) is 0.346. The van der Waals surface area contributed by atoms with E-state index in [-0.39, 0.29) is 38.3 Å². The molecule has 0 amide bonds. The van der Waals surface area contributed by atoms with Crippen molar-refractivity contribution in [3.05, 3.63) is 0 Å². The zero-order valence-electron chi connectivity index (χ0n) is 2.63. The van der Waals surface area contributed by atoms with Crippen molar-refractivity contribution < 1.29 is 34.6 Å². The molecule has 0 aromatic heterocycles. The summed E-state index contributed by atoms with van der Waals surface area (Å²) in [5.74, 6) is 0. The summed E-state index contributed by atoms with van der Waals surface area (Å²) < 4.78 is 0. The smallest absolute Gasteiger partial charge is 0 e. The first kappa shape index (κ1) is 15.7. The van der Waals surface area contributed by atoms with E-state index in [4.69, 9.17) is 15.1 Å². The topological polar surface area (TPSA) is 60.7 Å². The molecule has 0 heterocycles. The molecule has 3 nitrogen and oxygen atoms in total. The van der Waals surface area contributed by atoms with Crippen LogP contribution in [0.1, 0.15) is 0 Å². The quantitative estimate of drug-likeness (QED) is 0.317. The summed E-state index contributed by atoms with van der Waals surface area (Å²) in [4.78, 5) is 0. The molecule has 0 saturated carbocycles. The van der Waals surface area contributed by atoms with E-state index in [1.807, 2.05) is 0 Å². The van der Waals surface area contributed by atoms with E-state index < -0.39 is 7.32 Å². The molecule has 6 heavy (non-hydrogen) atoms. The second kappa shape index (κ2) is 9.48. The Labute approximate surface area is 60.9 Å². The molecule has 0 atom stereocenters. The third kappa shape index (κ3) is 66.0. The molecule has 28 valence electrons. The van der Waals surface area contributed by atoms with Crippen LogP contribution in [-0.4, -0.2) is 41.3 Å². The van der Waals surface area contributed by atoms with Crippen molar-refractivity contribution in [2.75, 3.05) is 0 Å². The van der Waals surface area contributed by atoms with Crippen LogP contribution >= 0.6 is 0 Å². The summed E-state index contributed by atoms with van der Waals surface area (Å²) >= 11 is 0. The maximum atomic E-state index is 7.17. The van der Waals surface area contributed by atoms with Gasteiger partial charge in [-0.25, -0.2) is 0 Å². The van der Waals surface area contributed by atoms with Crippen LogP contribution in [0.4, 0.5) is 0 Å². The Kier molecular flexibility index (Phi) is 24.8. The Morgan fingerprint density at radius 2 is 1.00 bits per heavy atom. The van der Waals surface area contributed by atoms with E-state index in [9.17, 15) is 0 Å². The van der Waals surface area contributed by atoms with Crippen LogP contribution in [0.5, 0.6) is 0 Å². The second-order valence-corrected chi connectivity index (χ2v) is 0.346. The molecule has 0 aliphatic rings. The normalized spacial score (nSPS) is 4.50. The van der Waals surface area contributed by atoms with Gasteiger partial charge in [0.25, 0.3) is 0 Å². The number of rotatable bonds is 0. The molecular formula is H4BLiO3Zn. The van der Waals surface area contributed by atoms with E-state index in [0.717, 1.165) is 0 Å². The summed E-state index contributed by atoms with van der Waals surface area (Å²) in [6, 6.07) is 0. The zero-order chi connectivity index (χ0) is 3.58. The summed E-state index contributed by atoms with van der Waals surface area (Å²) in [6.07, 6.45) is 0. The summed E-state index contributed by atoms with van der Waals surface area (Å²) in [5, 5.41) is 21.5. The van der Waals surface area contributed by atoms with Gasteiger partial charge in [0.1, 0.15) is 0 Å². The summed E-state index contributed by atoms with van der Waals surface area (Å²) in [6.45, 7) is 0. The molecular weight excluding hydrogens is 131 g/mol. The Morgan fingerprint density at radius 3 is 1.00 bits per heavy atom. The average molecular weight is 135 g/mol. The van der Waals surface area contributed by atoms with Gasteiger partial charge in [-0.15, -0.1) is 0 Å². The van der Waals surface area contributed by atoms with Crippen LogP contribution < -0.4 is 0 Å². The summed E-state index contributed by atoms with van der Waals surface area (Å²) in [5.41, 5.74) is 0. The number of hydrogen-bond donors (Lipinski definition) is 3. The Hall–Kier alpha value is 1.17. The van der Waals surface area contributed by atoms with Crippen molar-refractivity contribution in [3.8, 4) is 0 Å². The van der Waals surface area contributed by atoms with Crippen LogP contribution in [0.2, 0.25) is 0 Å². The van der Waals surface area contributed by atoms with Crippen LogP contribution in [0, 0.1) is 0 Å². The van der Waals surface area contributed by atoms with E-state index in [0.29, 0.717) is 0 Å². The first-order valence-corrected chi connectivity index (χ1v) is 0.775. The van der Waals surface area contributed by atoms with Crippen molar-refractivity contribution in [2.24, 2.45) is 0 Å². The van der Waals surface area contributed by atoms with Crippen LogP contribution in [0.3, 0.4) is 0 Å². The van der Waals surface area contributed by atoms with Crippen molar-refractivity contribution >= 4 is 26.2 Å². The van der Waals surface area contributed by atoms with E-state index in [2.05, 4.69) is 0 Å². The van der Waals surface area contributed by atoms with E-state index in [1.54, 1.807) is 0 Å². The minimum absolute atomic E-state index is 0. The Morgan fingerprint density at radius 1 is 1.00 bits per heavy atom. The maximum Gasteiger partial charge on any atom is 0 e. The third-order valence-corrected chi connectivity index (χ3v) is 0. The largest absolute Gasteiger partial charge is 0 e. The minimum atomic E-state index is -2.17. The van der Waals surface area contributed by atoms with Gasteiger partial charge in [0.2, 0.25) is 0 Å². The Balaban J connectivity index is -0.0000000450. The van der Waals surface area contributed by atoms with Crippen LogP contribution in [0.25, 0.3) is 0 Å². The van der Waals surface area contributed by atoms with E-state index in [1.165, 1.54) is 0 Å². The molecule has 0 fully saturated rings. The van der Waals surface area contributed by atoms with Crippen molar-refractivity contribution in [1.82, 2.24) is 0 Å². The molecule has 0 radical (unpaired) electrons. The van der Waals surface area contributed by atoms with Gasteiger partial charge in [-0.3, -0.25) is 0 Å². The van der Waals surface area contributed by atoms with Gasteiger partial charge in [-0.1, -0.05) is 0 Å². The predicted octanol–water partition coefficient (Wildman–Crippen LogP) is -2.70. The van der Waals surface area contributed by atoms with Crippen molar-refractivity contribution in [1.29, 1.82) is 0 Å². The molecule has 0 aliphatic heterocycles. The molecule has 0 unspecified atom stereocenters. The fourth-order valence-electron chi connectivity index (χ4n) is 0.